The van der Waals surface area contributed by atoms with E-state index in [1.54, 1.807) is 12.1 Å². The number of unbranched alkanes of at least 4 members (excludes halogenated alkanes) is 1. The topological polar surface area (TPSA) is 0 Å². The molecule has 2 aromatic carbocycles. The van der Waals surface area contributed by atoms with E-state index in [9.17, 15) is 8.78 Å². The molecule has 0 saturated heterocycles. The van der Waals surface area contributed by atoms with Crippen molar-refractivity contribution in [2.75, 3.05) is 0 Å². The van der Waals surface area contributed by atoms with Gasteiger partial charge >= 0.3 is 0 Å². The lowest BCUT2D eigenvalue weighted by molar-refractivity contribution is 0.663. The Balaban J connectivity index is 2.34. The van der Waals surface area contributed by atoms with Gasteiger partial charge in [0.15, 0.2) is 9.66 Å². The number of halogens is 3. The van der Waals surface area contributed by atoms with Crippen LogP contribution >= 0.6 is 22.6 Å². The van der Waals surface area contributed by atoms with E-state index in [0.29, 0.717) is 5.56 Å². The third-order valence-corrected chi connectivity index (χ3v) is 4.46. The van der Waals surface area contributed by atoms with E-state index < -0.39 is 9.66 Å². The monoisotopic (exact) mass is 426 g/mol. The molecule has 0 fully saturated rings. The zero-order valence-electron chi connectivity index (χ0n) is 13.5. The molecule has 0 amide bonds. The molecule has 0 aliphatic heterocycles. The summed E-state index contributed by atoms with van der Waals surface area (Å²) in [5.74, 6) is -0.790. The first-order valence-corrected chi connectivity index (χ1v) is 9.08. The van der Waals surface area contributed by atoms with Crippen LogP contribution in [0.2, 0.25) is 0 Å². The third kappa shape index (κ3) is 4.63. The molecule has 23 heavy (non-hydrogen) atoms. The van der Waals surface area contributed by atoms with Gasteiger partial charge in [0.2, 0.25) is 0 Å². The minimum atomic E-state index is -0.808. The summed E-state index contributed by atoms with van der Waals surface area (Å²) >= 11 is 1.37. The van der Waals surface area contributed by atoms with Crippen LogP contribution in [0.4, 0.5) is 8.78 Å². The minimum Gasteiger partial charge on any atom is -0.203 e. The van der Waals surface area contributed by atoms with E-state index >= 15 is 0 Å². The van der Waals surface area contributed by atoms with Crippen LogP contribution < -0.4 is 0 Å². The lowest BCUT2D eigenvalue weighted by Crippen LogP contribution is -1.92. The van der Waals surface area contributed by atoms with Crippen molar-refractivity contribution in [3.63, 3.8) is 0 Å². The lowest BCUT2D eigenvalue weighted by Gasteiger charge is -2.11. The largest absolute Gasteiger partial charge is 0.203 e. The highest BCUT2D eigenvalue weighted by Gasteiger charge is 2.10. The quantitative estimate of drug-likeness (QED) is 0.427. The van der Waals surface area contributed by atoms with Crippen molar-refractivity contribution in [2.24, 2.45) is 0 Å². The summed E-state index contributed by atoms with van der Waals surface area (Å²) < 4.78 is 26.0. The highest BCUT2D eigenvalue weighted by Crippen LogP contribution is 2.31. The molecule has 122 valence electrons. The van der Waals surface area contributed by atoms with Gasteiger partial charge in [0.05, 0.1) is 0 Å². The zero-order valence-corrected chi connectivity index (χ0v) is 15.7. The van der Waals surface area contributed by atoms with Crippen LogP contribution in [0.25, 0.3) is 17.0 Å². The molecule has 0 N–H and O–H groups in total. The summed E-state index contributed by atoms with van der Waals surface area (Å²) in [5.41, 5.74) is 4.87. The average Bonchev–Trinajstić information content (AvgIpc) is 2.59. The van der Waals surface area contributed by atoms with Crippen LogP contribution in [-0.4, -0.2) is 0 Å². The molecule has 0 saturated carbocycles. The van der Waals surface area contributed by atoms with E-state index in [1.807, 2.05) is 13.0 Å². The molecule has 0 aliphatic carbocycles. The Labute approximate surface area is 150 Å². The van der Waals surface area contributed by atoms with Crippen LogP contribution in [0.3, 0.4) is 0 Å². The van der Waals surface area contributed by atoms with E-state index in [2.05, 4.69) is 31.2 Å². The Bertz CT molecular complexity index is 683. The molecule has 0 spiro atoms. The van der Waals surface area contributed by atoms with Crippen molar-refractivity contribution < 1.29 is 8.78 Å². The predicted molar refractivity (Wildman–Crippen MR) is 103 cm³/mol. The highest BCUT2D eigenvalue weighted by molar-refractivity contribution is 14.1. The number of aryl methyl sites for hydroxylation is 2. The van der Waals surface area contributed by atoms with E-state index in [1.165, 1.54) is 41.0 Å². The first kappa shape index (κ1) is 18.1. The fourth-order valence-corrected chi connectivity index (χ4v) is 2.96. The van der Waals surface area contributed by atoms with Gasteiger partial charge < -0.3 is 0 Å². The van der Waals surface area contributed by atoms with Crippen LogP contribution in [-0.2, 0) is 12.8 Å². The smallest absolute Gasteiger partial charge is 0.196 e. The normalized spacial score (nSPS) is 12.2. The summed E-state index contributed by atoms with van der Waals surface area (Å²) in [7, 11) is 0. The maximum Gasteiger partial charge on any atom is 0.196 e. The SMILES string of the molecule is CCCCc1ccc(-c2ccc(/C(F)=C(\F)I)cc2CC)cc1. The Morgan fingerprint density at radius 1 is 1.00 bits per heavy atom. The second-order valence-electron chi connectivity index (χ2n) is 5.60. The first-order chi connectivity index (χ1) is 11.1. The molecule has 3 heteroatoms. The predicted octanol–water partition coefficient (Wildman–Crippen LogP) is 7.26. The molecule has 0 radical (unpaired) electrons. The molecule has 0 heterocycles. The van der Waals surface area contributed by atoms with Gasteiger partial charge in [0.1, 0.15) is 0 Å². The summed E-state index contributed by atoms with van der Waals surface area (Å²) in [4.78, 5) is 0. The van der Waals surface area contributed by atoms with E-state index in [4.69, 9.17) is 0 Å². The number of rotatable bonds is 6. The Morgan fingerprint density at radius 2 is 1.70 bits per heavy atom. The molecular formula is C20H21F2I. The van der Waals surface area contributed by atoms with Crippen LogP contribution in [0, 0.1) is 0 Å². The highest BCUT2D eigenvalue weighted by atomic mass is 127. The molecular weight excluding hydrogens is 405 g/mol. The van der Waals surface area contributed by atoms with Crippen molar-refractivity contribution >= 4 is 28.4 Å². The van der Waals surface area contributed by atoms with Crippen molar-refractivity contribution in [2.45, 2.75) is 39.5 Å². The van der Waals surface area contributed by atoms with Gasteiger partial charge in [-0.15, -0.1) is 0 Å². The van der Waals surface area contributed by atoms with Gasteiger partial charge in [-0.2, -0.15) is 4.39 Å². The summed E-state index contributed by atoms with van der Waals surface area (Å²) in [6, 6.07) is 13.8. The van der Waals surface area contributed by atoms with E-state index in [-0.39, 0.29) is 0 Å². The lowest BCUT2D eigenvalue weighted by atomic mass is 9.94. The number of hydrogen-bond donors (Lipinski definition) is 0. The molecule has 0 aliphatic rings. The van der Waals surface area contributed by atoms with Crippen LogP contribution in [0.1, 0.15) is 43.4 Å². The average molecular weight is 426 g/mol. The summed E-state index contributed by atoms with van der Waals surface area (Å²) in [6.07, 6.45) is 4.26. The molecule has 2 aromatic rings. The summed E-state index contributed by atoms with van der Waals surface area (Å²) in [5, 5.41) is 0. The minimum absolute atomic E-state index is 0.303. The van der Waals surface area contributed by atoms with Gasteiger partial charge in [-0.05, 0) is 70.2 Å². The molecule has 0 atom stereocenters. The van der Waals surface area contributed by atoms with E-state index in [0.717, 1.165) is 29.5 Å². The fraction of sp³-hybridized carbons (Fsp3) is 0.300. The van der Waals surface area contributed by atoms with Gasteiger partial charge in [0, 0.05) is 5.56 Å². The maximum absolute atomic E-state index is 13.8. The third-order valence-electron chi connectivity index (χ3n) is 3.99. The first-order valence-electron chi connectivity index (χ1n) is 8.00. The van der Waals surface area contributed by atoms with Crippen molar-refractivity contribution in [1.29, 1.82) is 0 Å². The van der Waals surface area contributed by atoms with Gasteiger partial charge in [0.25, 0.3) is 0 Å². The van der Waals surface area contributed by atoms with Crippen molar-refractivity contribution in [3.8, 4) is 11.1 Å². The zero-order chi connectivity index (χ0) is 16.8. The Hall–Kier alpha value is -1.23. The van der Waals surface area contributed by atoms with Gasteiger partial charge in [-0.1, -0.05) is 56.7 Å². The van der Waals surface area contributed by atoms with Crippen LogP contribution in [0.15, 0.2) is 46.3 Å². The Kier molecular flexibility index (Phi) is 6.75. The Morgan fingerprint density at radius 3 is 2.26 bits per heavy atom. The van der Waals surface area contributed by atoms with Crippen LogP contribution in [0.5, 0.6) is 0 Å². The van der Waals surface area contributed by atoms with Crippen molar-refractivity contribution in [3.05, 3.63) is 63.0 Å². The molecule has 0 aromatic heterocycles. The standard InChI is InChI=1S/C20H21F2I/c1-3-5-6-14-7-9-16(10-8-14)18-12-11-17(13-15(18)4-2)19(21)20(22)23/h7-13H,3-6H2,1-2H3/b20-19-. The fourth-order valence-electron chi connectivity index (χ4n) is 2.65. The number of benzene rings is 2. The van der Waals surface area contributed by atoms with Crippen molar-refractivity contribution in [1.82, 2.24) is 0 Å². The van der Waals surface area contributed by atoms with Gasteiger partial charge in [-0.25, -0.2) is 4.39 Å². The molecule has 0 bridgehead atoms. The summed E-state index contributed by atoms with van der Waals surface area (Å²) in [6.45, 7) is 4.22. The molecule has 0 unspecified atom stereocenters. The second-order valence-corrected chi connectivity index (χ2v) is 6.55. The second kappa shape index (κ2) is 8.57. The molecule has 0 nitrogen and oxygen atoms in total. The molecule has 2 rings (SSSR count). The number of hydrogen-bond acceptors (Lipinski definition) is 0. The van der Waals surface area contributed by atoms with Gasteiger partial charge in [-0.3, -0.25) is 0 Å². The maximum atomic E-state index is 13.8.